The van der Waals surface area contributed by atoms with E-state index in [0.717, 1.165) is 12.8 Å². The van der Waals surface area contributed by atoms with E-state index in [1.165, 1.54) is 0 Å². The molecule has 0 aliphatic carbocycles. The molecule has 2 fully saturated rings. The highest BCUT2D eigenvalue weighted by Crippen LogP contribution is 2.21. The van der Waals surface area contributed by atoms with Crippen LogP contribution in [0.15, 0.2) is 0 Å². The third kappa shape index (κ3) is 6.06. The van der Waals surface area contributed by atoms with Gasteiger partial charge in [-0.2, -0.15) is 0 Å². The van der Waals surface area contributed by atoms with Gasteiger partial charge in [-0.15, -0.1) is 0 Å². The molecule has 26 heavy (non-hydrogen) atoms. The number of rotatable bonds is 9. The molecule has 0 bridgehead atoms. The van der Waals surface area contributed by atoms with Crippen LogP contribution in [0, 0.1) is 0 Å². The zero-order valence-electron chi connectivity index (χ0n) is 15.1. The Bertz CT molecular complexity index is 371. The average Bonchev–Trinajstić information content (AvgIpc) is 2.63. The predicted octanol–water partition coefficient (Wildman–Crippen LogP) is -2.68. The Labute approximate surface area is 154 Å². The molecule has 2 aliphatic rings. The minimum absolute atomic E-state index is 0.199. The number of hydrogen-bond acceptors (Lipinski definition) is 10. The van der Waals surface area contributed by atoms with Crippen LogP contribution < -0.4 is 22.9 Å². The van der Waals surface area contributed by atoms with Gasteiger partial charge in [-0.25, -0.2) is 0 Å². The topological polar surface area (TPSA) is 181 Å². The molecule has 10 N–H and O–H groups in total. The molecule has 2 heterocycles. The van der Waals surface area contributed by atoms with E-state index in [-0.39, 0.29) is 13.1 Å². The number of unbranched alkanes of at least 4 members (excludes halogenated alkanes) is 1. The summed E-state index contributed by atoms with van der Waals surface area (Å²) in [5.41, 5.74) is 22.9. The van der Waals surface area contributed by atoms with Gasteiger partial charge in [0.25, 0.3) is 0 Å². The zero-order valence-corrected chi connectivity index (χ0v) is 15.1. The molecule has 0 aromatic carbocycles. The highest BCUT2D eigenvalue weighted by atomic mass is 16.7. The molecule has 0 aromatic heterocycles. The van der Waals surface area contributed by atoms with Crippen LogP contribution in [0.3, 0.4) is 0 Å². The van der Waals surface area contributed by atoms with Crippen LogP contribution in [-0.4, -0.2) is 85.6 Å². The fourth-order valence-corrected chi connectivity index (χ4v) is 3.18. The standard InChI is InChI=1S/C16H34N4O6/c17-7-11-15(21)9(19)5-13(25-11)23-3-1-2-4-24-14-6-10(20)16(22)12(8-18)26-14/h9-16,21-22H,1-8,17-20H2/t9-,10-,11-,12-,13+,14+,15+,16+/m1/s1. The van der Waals surface area contributed by atoms with Crippen molar-refractivity contribution in [3.63, 3.8) is 0 Å². The predicted molar refractivity (Wildman–Crippen MR) is 93.8 cm³/mol. The van der Waals surface area contributed by atoms with Gasteiger partial charge in [-0.05, 0) is 12.8 Å². The van der Waals surface area contributed by atoms with Gasteiger partial charge < -0.3 is 52.1 Å². The molecule has 154 valence electrons. The smallest absolute Gasteiger partial charge is 0.159 e. The molecule has 0 radical (unpaired) electrons. The van der Waals surface area contributed by atoms with E-state index in [9.17, 15) is 10.2 Å². The molecule has 0 amide bonds. The molecule has 0 unspecified atom stereocenters. The van der Waals surface area contributed by atoms with E-state index in [1.807, 2.05) is 0 Å². The third-order valence-corrected chi connectivity index (χ3v) is 4.83. The highest BCUT2D eigenvalue weighted by Gasteiger charge is 2.36. The monoisotopic (exact) mass is 378 g/mol. The van der Waals surface area contributed by atoms with Gasteiger partial charge in [0, 0.05) is 51.2 Å². The molecule has 10 nitrogen and oxygen atoms in total. The third-order valence-electron chi connectivity index (χ3n) is 4.83. The van der Waals surface area contributed by atoms with Crippen molar-refractivity contribution in [2.75, 3.05) is 26.3 Å². The Morgan fingerprint density at radius 2 is 1.15 bits per heavy atom. The molecule has 0 saturated carbocycles. The quantitative estimate of drug-likeness (QED) is 0.231. The maximum absolute atomic E-state index is 9.85. The number of aliphatic hydroxyl groups is 2. The Hall–Kier alpha value is -0.400. The molecule has 2 saturated heterocycles. The lowest BCUT2D eigenvalue weighted by Crippen LogP contribution is -2.55. The zero-order chi connectivity index (χ0) is 19.1. The van der Waals surface area contributed by atoms with Gasteiger partial charge in [0.15, 0.2) is 12.6 Å². The second kappa shape index (κ2) is 10.8. The lowest BCUT2D eigenvalue weighted by atomic mass is 10.00. The van der Waals surface area contributed by atoms with Crippen LogP contribution >= 0.6 is 0 Å². The van der Waals surface area contributed by atoms with Crippen LogP contribution in [0.2, 0.25) is 0 Å². The minimum atomic E-state index is -0.758. The minimum Gasteiger partial charge on any atom is -0.389 e. The molecule has 2 aliphatic heterocycles. The van der Waals surface area contributed by atoms with Crippen LogP contribution in [0.25, 0.3) is 0 Å². The summed E-state index contributed by atoms with van der Waals surface area (Å²) in [5, 5.41) is 19.7. The van der Waals surface area contributed by atoms with Gasteiger partial charge in [0.2, 0.25) is 0 Å². The largest absolute Gasteiger partial charge is 0.389 e. The number of nitrogens with two attached hydrogens (primary N) is 4. The summed E-state index contributed by atoms with van der Waals surface area (Å²) in [6, 6.07) is -0.798. The van der Waals surface area contributed by atoms with Crippen LogP contribution in [0.1, 0.15) is 25.7 Å². The normalized spacial score (nSPS) is 41.3. The van der Waals surface area contributed by atoms with Gasteiger partial charge in [-0.1, -0.05) is 0 Å². The Morgan fingerprint density at radius 1 is 0.769 bits per heavy atom. The van der Waals surface area contributed by atoms with Crippen molar-refractivity contribution >= 4 is 0 Å². The van der Waals surface area contributed by atoms with Crippen molar-refractivity contribution in [2.45, 2.75) is 74.8 Å². The fraction of sp³-hybridized carbons (Fsp3) is 1.00. The van der Waals surface area contributed by atoms with Crippen molar-refractivity contribution in [1.29, 1.82) is 0 Å². The summed E-state index contributed by atoms with van der Waals surface area (Å²) in [7, 11) is 0. The summed E-state index contributed by atoms with van der Waals surface area (Å²) in [6.45, 7) is 1.38. The van der Waals surface area contributed by atoms with Crippen molar-refractivity contribution in [3.8, 4) is 0 Å². The molecule has 10 heteroatoms. The van der Waals surface area contributed by atoms with Gasteiger partial charge in [0.1, 0.15) is 12.2 Å². The van der Waals surface area contributed by atoms with Crippen LogP contribution in [0.4, 0.5) is 0 Å². The van der Waals surface area contributed by atoms with Gasteiger partial charge >= 0.3 is 0 Å². The Kier molecular flexibility index (Phi) is 9.10. The number of hydrogen-bond donors (Lipinski definition) is 6. The van der Waals surface area contributed by atoms with E-state index < -0.39 is 49.1 Å². The first-order chi connectivity index (χ1) is 12.5. The van der Waals surface area contributed by atoms with E-state index in [2.05, 4.69) is 0 Å². The summed E-state index contributed by atoms with van der Waals surface area (Å²) >= 11 is 0. The first kappa shape index (κ1) is 21.9. The van der Waals surface area contributed by atoms with Crippen molar-refractivity contribution in [1.82, 2.24) is 0 Å². The summed E-state index contributed by atoms with van der Waals surface area (Å²) in [6.07, 6.45) is -0.994. The summed E-state index contributed by atoms with van der Waals surface area (Å²) in [5.74, 6) is 0. The first-order valence-corrected chi connectivity index (χ1v) is 9.27. The Morgan fingerprint density at radius 3 is 1.50 bits per heavy atom. The number of ether oxygens (including phenoxy) is 4. The maximum Gasteiger partial charge on any atom is 0.159 e. The number of aliphatic hydroxyl groups excluding tert-OH is 2. The van der Waals surface area contributed by atoms with Crippen LogP contribution in [0.5, 0.6) is 0 Å². The molecular formula is C16H34N4O6. The maximum atomic E-state index is 9.85. The lowest BCUT2D eigenvalue weighted by molar-refractivity contribution is -0.229. The molecule has 0 spiro atoms. The van der Waals surface area contributed by atoms with E-state index >= 15 is 0 Å². The van der Waals surface area contributed by atoms with Gasteiger partial charge in [-0.3, -0.25) is 0 Å². The highest BCUT2D eigenvalue weighted by molar-refractivity contribution is 4.87. The molecule has 2 rings (SSSR count). The van der Waals surface area contributed by atoms with Crippen molar-refractivity contribution < 1.29 is 29.2 Å². The summed E-state index contributed by atoms with van der Waals surface area (Å²) in [4.78, 5) is 0. The van der Waals surface area contributed by atoms with Crippen LogP contribution in [-0.2, 0) is 18.9 Å². The SMILES string of the molecule is NC[C@H]1O[C@H](OCCCCO[C@@H]2C[C@@H](N)[C@H](O)[C@@H](CN)O2)C[C@@H](N)[C@@H]1O. The first-order valence-electron chi connectivity index (χ1n) is 9.27. The summed E-state index contributed by atoms with van der Waals surface area (Å²) < 4.78 is 22.5. The van der Waals surface area contributed by atoms with E-state index in [0.29, 0.717) is 26.1 Å². The average molecular weight is 378 g/mol. The molecule has 8 atom stereocenters. The lowest BCUT2D eigenvalue weighted by Gasteiger charge is -2.37. The second-order valence-electron chi connectivity index (χ2n) is 6.91. The van der Waals surface area contributed by atoms with Gasteiger partial charge in [0.05, 0.1) is 12.2 Å². The van der Waals surface area contributed by atoms with E-state index in [1.54, 1.807) is 0 Å². The second-order valence-corrected chi connectivity index (χ2v) is 6.91. The van der Waals surface area contributed by atoms with E-state index in [4.69, 9.17) is 41.9 Å². The Balaban J connectivity index is 1.57. The fourth-order valence-electron chi connectivity index (χ4n) is 3.18. The molecule has 0 aromatic rings. The van der Waals surface area contributed by atoms with Crippen molar-refractivity contribution in [3.05, 3.63) is 0 Å². The molecular weight excluding hydrogens is 344 g/mol. The van der Waals surface area contributed by atoms with Crippen molar-refractivity contribution in [2.24, 2.45) is 22.9 Å².